The molecule has 1 saturated carbocycles. The van der Waals surface area contributed by atoms with E-state index in [1.807, 2.05) is 47.2 Å². The molecule has 0 aromatic heterocycles. The molecule has 5 nitrogen and oxygen atoms in total. The molecular weight excluding hydrogens is 314 g/mol. The number of hydrogen-bond acceptors (Lipinski definition) is 3. The lowest BCUT2D eigenvalue weighted by Gasteiger charge is -2.38. The summed E-state index contributed by atoms with van der Waals surface area (Å²) in [6.07, 6.45) is 4.85. The average molecular weight is 343 g/mol. The van der Waals surface area contributed by atoms with Crippen LogP contribution in [0.5, 0.6) is 0 Å². The molecule has 1 aromatic carbocycles. The van der Waals surface area contributed by atoms with Gasteiger partial charge < -0.3 is 15.5 Å². The molecule has 2 N–H and O–H groups in total. The van der Waals surface area contributed by atoms with Crippen LogP contribution in [-0.2, 0) is 4.79 Å². The summed E-state index contributed by atoms with van der Waals surface area (Å²) in [4.78, 5) is 29.2. The number of hydrogen-bond donors (Lipinski definition) is 1. The molecule has 3 rings (SSSR count). The van der Waals surface area contributed by atoms with E-state index in [9.17, 15) is 9.59 Å². The van der Waals surface area contributed by atoms with Crippen LogP contribution < -0.4 is 5.73 Å². The van der Waals surface area contributed by atoms with Gasteiger partial charge in [-0.05, 0) is 50.3 Å². The van der Waals surface area contributed by atoms with Gasteiger partial charge in [0.05, 0.1) is 0 Å². The molecule has 1 aromatic rings. The number of nitrogens with zero attached hydrogens (tertiary/aromatic N) is 2. The number of carbonyl (C=O) groups excluding carboxylic acids is 2. The third-order valence-corrected chi connectivity index (χ3v) is 5.95. The van der Waals surface area contributed by atoms with Gasteiger partial charge in [-0.15, -0.1) is 0 Å². The number of benzene rings is 1. The molecule has 1 aliphatic heterocycles. The van der Waals surface area contributed by atoms with Crippen LogP contribution in [0, 0.1) is 11.8 Å². The van der Waals surface area contributed by atoms with Crippen LogP contribution in [0.25, 0.3) is 0 Å². The zero-order chi connectivity index (χ0) is 17.8. The Kier molecular flexibility index (Phi) is 5.74. The minimum absolute atomic E-state index is 0.0898. The fourth-order valence-corrected chi connectivity index (χ4v) is 4.31. The topological polar surface area (TPSA) is 66.6 Å². The average Bonchev–Trinajstić information content (AvgIpc) is 3.16. The van der Waals surface area contributed by atoms with Crippen LogP contribution in [0.1, 0.15) is 42.5 Å². The molecular formula is C20H29N3O2. The molecule has 0 radical (unpaired) electrons. The molecule has 0 bridgehead atoms. The molecule has 1 saturated heterocycles. The maximum atomic E-state index is 12.8. The van der Waals surface area contributed by atoms with Crippen molar-refractivity contribution in [3.05, 3.63) is 35.9 Å². The molecule has 2 fully saturated rings. The first-order valence-corrected chi connectivity index (χ1v) is 9.43. The Morgan fingerprint density at radius 3 is 2.44 bits per heavy atom. The van der Waals surface area contributed by atoms with Gasteiger partial charge in [0.2, 0.25) is 5.91 Å². The molecule has 1 heterocycles. The molecule has 1 aliphatic carbocycles. The van der Waals surface area contributed by atoms with E-state index in [0.717, 1.165) is 37.7 Å². The van der Waals surface area contributed by atoms with Gasteiger partial charge >= 0.3 is 0 Å². The number of piperidine rings is 1. The van der Waals surface area contributed by atoms with Crippen molar-refractivity contribution in [3.63, 3.8) is 0 Å². The highest BCUT2D eigenvalue weighted by molar-refractivity contribution is 5.94. The minimum atomic E-state index is 0.0898. The van der Waals surface area contributed by atoms with Crippen LogP contribution in [-0.4, -0.2) is 54.3 Å². The van der Waals surface area contributed by atoms with Gasteiger partial charge in [-0.2, -0.15) is 0 Å². The van der Waals surface area contributed by atoms with Crippen molar-refractivity contribution in [2.45, 2.75) is 38.1 Å². The summed E-state index contributed by atoms with van der Waals surface area (Å²) in [5.41, 5.74) is 6.57. The Labute approximate surface area is 150 Å². The van der Waals surface area contributed by atoms with Gasteiger partial charge in [0.15, 0.2) is 0 Å². The van der Waals surface area contributed by atoms with Crippen molar-refractivity contribution in [3.8, 4) is 0 Å². The Morgan fingerprint density at radius 2 is 1.80 bits per heavy atom. The normalized spacial score (nSPS) is 24.3. The van der Waals surface area contributed by atoms with Crippen LogP contribution in [0.15, 0.2) is 30.3 Å². The van der Waals surface area contributed by atoms with E-state index in [4.69, 9.17) is 5.73 Å². The third kappa shape index (κ3) is 3.87. The SMILES string of the molecule is CN(C(=O)[C@@H]1CCC[C@@H]1CN)C1CCN(C(=O)c2ccccc2)CC1. The molecule has 2 amide bonds. The smallest absolute Gasteiger partial charge is 0.253 e. The highest BCUT2D eigenvalue weighted by atomic mass is 16.2. The van der Waals surface area contributed by atoms with Crippen LogP contribution in [0.3, 0.4) is 0 Å². The Balaban J connectivity index is 1.55. The lowest BCUT2D eigenvalue weighted by Crippen LogP contribution is -2.49. The Morgan fingerprint density at radius 1 is 1.12 bits per heavy atom. The van der Waals surface area contributed by atoms with Crippen molar-refractivity contribution < 1.29 is 9.59 Å². The number of rotatable bonds is 4. The predicted octanol–water partition coefficient (Wildman–Crippen LogP) is 2.12. The van der Waals surface area contributed by atoms with E-state index in [1.54, 1.807) is 0 Å². The summed E-state index contributed by atoms with van der Waals surface area (Å²) >= 11 is 0. The number of amides is 2. The van der Waals surface area contributed by atoms with Gasteiger partial charge in [-0.25, -0.2) is 0 Å². The van der Waals surface area contributed by atoms with E-state index in [0.29, 0.717) is 25.6 Å². The van der Waals surface area contributed by atoms with E-state index in [-0.39, 0.29) is 23.8 Å². The second kappa shape index (κ2) is 8.00. The summed E-state index contributed by atoms with van der Waals surface area (Å²) in [7, 11) is 1.92. The van der Waals surface area contributed by atoms with Crippen molar-refractivity contribution in [1.29, 1.82) is 0 Å². The first-order chi connectivity index (χ1) is 12.1. The van der Waals surface area contributed by atoms with Crippen molar-refractivity contribution in [1.82, 2.24) is 9.80 Å². The van der Waals surface area contributed by atoms with Gasteiger partial charge in [0.25, 0.3) is 5.91 Å². The maximum absolute atomic E-state index is 12.8. The minimum Gasteiger partial charge on any atom is -0.342 e. The van der Waals surface area contributed by atoms with E-state index in [1.165, 1.54) is 0 Å². The highest BCUT2D eigenvalue weighted by Gasteiger charge is 2.36. The van der Waals surface area contributed by atoms with Gasteiger partial charge in [-0.1, -0.05) is 24.6 Å². The second-order valence-electron chi connectivity index (χ2n) is 7.37. The summed E-state index contributed by atoms with van der Waals surface area (Å²) < 4.78 is 0. The zero-order valence-corrected chi connectivity index (χ0v) is 15.1. The van der Waals surface area contributed by atoms with Gasteiger partial charge in [0, 0.05) is 37.7 Å². The molecule has 0 unspecified atom stereocenters. The molecule has 136 valence electrons. The fourth-order valence-electron chi connectivity index (χ4n) is 4.31. The zero-order valence-electron chi connectivity index (χ0n) is 15.1. The van der Waals surface area contributed by atoms with Crippen LogP contribution in [0.2, 0.25) is 0 Å². The first kappa shape index (κ1) is 17.9. The molecule has 2 atom stereocenters. The monoisotopic (exact) mass is 343 g/mol. The molecule has 0 spiro atoms. The first-order valence-electron chi connectivity index (χ1n) is 9.43. The summed E-state index contributed by atoms with van der Waals surface area (Å²) in [6.45, 7) is 2.02. The molecule has 2 aliphatic rings. The third-order valence-electron chi connectivity index (χ3n) is 5.95. The maximum Gasteiger partial charge on any atom is 0.253 e. The Bertz CT molecular complexity index is 596. The summed E-state index contributed by atoms with van der Waals surface area (Å²) in [5.74, 6) is 0.779. The van der Waals surface area contributed by atoms with Crippen LogP contribution in [0.4, 0.5) is 0 Å². The van der Waals surface area contributed by atoms with Gasteiger partial charge in [-0.3, -0.25) is 9.59 Å². The lowest BCUT2D eigenvalue weighted by atomic mass is 9.93. The summed E-state index contributed by atoms with van der Waals surface area (Å²) in [6, 6.07) is 9.64. The molecule has 25 heavy (non-hydrogen) atoms. The summed E-state index contributed by atoms with van der Waals surface area (Å²) in [5, 5.41) is 0. The van der Waals surface area contributed by atoms with Crippen LogP contribution >= 0.6 is 0 Å². The number of likely N-dealkylation sites (tertiary alicyclic amines) is 1. The van der Waals surface area contributed by atoms with Crippen molar-refractivity contribution >= 4 is 11.8 Å². The van der Waals surface area contributed by atoms with E-state index >= 15 is 0 Å². The number of nitrogens with two attached hydrogens (primary N) is 1. The standard InChI is InChI=1S/C20H29N3O2/c1-22(20(25)18-9-5-8-16(18)14-21)17-10-12-23(13-11-17)19(24)15-6-3-2-4-7-15/h2-4,6-7,16-18H,5,8-14,21H2,1H3/t16-,18-/m1/s1. The Hall–Kier alpha value is -1.88. The lowest BCUT2D eigenvalue weighted by molar-refractivity contribution is -0.138. The highest BCUT2D eigenvalue weighted by Crippen LogP contribution is 2.33. The molecule has 5 heteroatoms. The predicted molar refractivity (Wildman–Crippen MR) is 98.0 cm³/mol. The number of carbonyl (C=O) groups is 2. The van der Waals surface area contributed by atoms with Crippen molar-refractivity contribution in [2.24, 2.45) is 17.6 Å². The van der Waals surface area contributed by atoms with Gasteiger partial charge in [0.1, 0.15) is 0 Å². The van der Waals surface area contributed by atoms with E-state index < -0.39 is 0 Å². The van der Waals surface area contributed by atoms with Crippen molar-refractivity contribution in [2.75, 3.05) is 26.7 Å². The van der Waals surface area contributed by atoms with E-state index in [2.05, 4.69) is 0 Å². The largest absolute Gasteiger partial charge is 0.342 e. The quantitative estimate of drug-likeness (QED) is 0.911. The fraction of sp³-hybridized carbons (Fsp3) is 0.600. The second-order valence-corrected chi connectivity index (χ2v) is 7.37.